The molecule has 2 rings (SSSR count). The maximum Gasteiger partial charge on any atom is 0.0948 e. The lowest BCUT2D eigenvalue weighted by atomic mass is 10.2. The Labute approximate surface area is 84.9 Å². The molecule has 1 aromatic heterocycles. The van der Waals surface area contributed by atoms with Crippen LogP contribution in [0.5, 0.6) is 0 Å². The van der Waals surface area contributed by atoms with E-state index in [9.17, 15) is 0 Å². The molecule has 0 aromatic carbocycles. The molecule has 78 valence electrons. The molecule has 0 aliphatic carbocycles. The minimum atomic E-state index is 0.966. The topological polar surface area (TPSA) is 33.1 Å². The Kier molecular flexibility index (Phi) is 3.16. The minimum absolute atomic E-state index is 0.966. The van der Waals surface area contributed by atoms with E-state index >= 15 is 0 Å². The SMILES string of the molecule is CCn1cncc1CN1CCCCN1. The van der Waals surface area contributed by atoms with Gasteiger partial charge in [-0.15, -0.1) is 0 Å². The van der Waals surface area contributed by atoms with E-state index in [-0.39, 0.29) is 0 Å². The van der Waals surface area contributed by atoms with Crippen LogP contribution in [0.25, 0.3) is 0 Å². The molecule has 0 radical (unpaired) electrons. The molecule has 2 heterocycles. The summed E-state index contributed by atoms with van der Waals surface area (Å²) in [5.74, 6) is 0. The first-order valence-electron chi connectivity index (χ1n) is 5.37. The van der Waals surface area contributed by atoms with Gasteiger partial charge in [0.2, 0.25) is 0 Å². The quantitative estimate of drug-likeness (QED) is 0.779. The van der Waals surface area contributed by atoms with Crippen LogP contribution in [0.2, 0.25) is 0 Å². The predicted octanol–water partition coefficient (Wildman–Crippen LogP) is 1.00. The van der Waals surface area contributed by atoms with E-state index in [1.165, 1.54) is 18.5 Å². The fraction of sp³-hybridized carbons (Fsp3) is 0.700. The third-order valence-electron chi connectivity index (χ3n) is 2.68. The number of nitrogens with one attached hydrogen (secondary N) is 1. The molecule has 1 fully saturated rings. The van der Waals surface area contributed by atoms with Gasteiger partial charge < -0.3 is 4.57 Å². The highest BCUT2D eigenvalue weighted by molar-refractivity contribution is 4.97. The van der Waals surface area contributed by atoms with Gasteiger partial charge in [0.25, 0.3) is 0 Å². The van der Waals surface area contributed by atoms with Crippen molar-refractivity contribution in [3.8, 4) is 0 Å². The van der Waals surface area contributed by atoms with Crippen molar-refractivity contribution in [2.75, 3.05) is 13.1 Å². The summed E-state index contributed by atoms with van der Waals surface area (Å²) >= 11 is 0. The number of hydrazine groups is 1. The zero-order chi connectivity index (χ0) is 9.80. The molecule has 0 saturated carbocycles. The maximum atomic E-state index is 4.17. The highest BCUT2D eigenvalue weighted by atomic mass is 15.5. The number of aryl methyl sites for hydroxylation is 1. The number of hydrogen-bond donors (Lipinski definition) is 1. The summed E-state index contributed by atoms with van der Waals surface area (Å²) in [5, 5.41) is 2.28. The molecule has 0 atom stereocenters. The first kappa shape index (κ1) is 9.68. The average Bonchev–Trinajstić information content (AvgIpc) is 2.67. The lowest BCUT2D eigenvalue weighted by Crippen LogP contribution is -2.42. The standard InChI is InChI=1S/C10H18N4/c1-2-13-9-11-7-10(13)8-14-6-4-3-5-12-14/h7,9,12H,2-6,8H2,1H3. The largest absolute Gasteiger partial charge is 0.334 e. The molecule has 0 unspecified atom stereocenters. The van der Waals surface area contributed by atoms with Crippen molar-refractivity contribution >= 4 is 0 Å². The summed E-state index contributed by atoms with van der Waals surface area (Å²) < 4.78 is 2.19. The number of rotatable bonds is 3. The smallest absolute Gasteiger partial charge is 0.0948 e. The molecule has 0 spiro atoms. The van der Waals surface area contributed by atoms with Crippen LogP contribution < -0.4 is 5.43 Å². The first-order valence-corrected chi connectivity index (χ1v) is 5.37. The van der Waals surface area contributed by atoms with Gasteiger partial charge in [-0.05, 0) is 19.8 Å². The molecule has 1 N–H and O–H groups in total. The molecule has 4 nitrogen and oxygen atoms in total. The van der Waals surface area contributed by atoms with E-state index < -0.39 is 0 Å². The number of imidazole rings is 1. The zero-order valence-corrected chi connectivity index (χ0v) is 8.74. The van der Waals surface area contributed by atoms with Crippen LogP contribution in [0, 0.1) is 0 Å². The molecule has 0 bridgehead atoms. The van der Waals surface area contributed by atoms with Gasteiger partial charge in [0, 0.05) is 25.8 Å². The summed E-state index contributed by atoms with van der Waals surface area (Å²) in [6.45, 7) is 6.38. The molecule has 1 aliphatic heterocycles. The molecule has 1 aliphatic rings. The Balaban J connectivity index is 1.95. The van der Waals surface area contributed by atoms with Gasteiger partial charge in [0.15, 0.2) is 0 Å². The first-order chi connectivity index (χ1) is 6.90. The van der Waals surface area contributed by atoms with Crippen molar-refractivity contribution in [3.63, 3.8) is 0 Å². The van der Waals surface area contributed by atoms with E-state index in [0.29, 0.717) is 0 Å². The van der Waals surface area contributed by atoms with Gasteiger partial charge in [-0.2, -0.15) is 0 Å². The van der Waals surface area contributed by atoms with E-state index in [1.54, 1.807) is 0 Å². The third kappa shape index (κ3) is 2.13. The summed E-state index contributed by atoms with van der Waals surface area (Å²) in [5.41, 5.74) is 4.69. The molecule has 0 amide bonds. The van der Waals surface area contributed by atoms with Crippen LogP contribution in [0.4, 0.5) is 0 Å². The minimum Gasteiger partial charge on any atom is -0.334 e. The Morgan fingerprint density at radius 1 is 1.50 bits per heavy atom. The fourth-order valence-corrected chi connectivity index (χ4v) is 1.84. The highest BCUT2D eigenvalue weighted by Gasteiger charge is 2.11. The van der Waals surface area contributed by atoms with Gasteiger partial charge in [-0.3, -0.25) is 5.43 Å². The van der Waals surface area contributed by atoms with Gasteiger partial charge in [-0.1, -0.05) is 0 Å². The second kappa shape index (κ2) is 4.57. The Morgan fingerprint density at radius 3 is 3.14 bits per heavy atom. The zero-order valence-electron chi connectivity index (χ0n) is 8.74. The van der Waals surface area contributed by atoms with E-state index in [2.05, 4.69) is 26.9 Å². The average molecular weight is 194 g/mol. The lowest BCUT2D eigenvalue weighted by Gasteiger charge is -2.27. The second-order valence-electron chi connectivity index (χ2n) is 3.71. The van der Waals surface area contributed by atoms with E-state index in [4.69, 9.17) is 0 Å². The number of nitrogens with zero attached hydrogens (tertiary/aromatic N) is 3. The number of hydrogen-bond acceptors (Lipinski definition) is 3. The molecule has 4 heteroatoms. The van der Waals surface area contributed by atoms with Gasteiger partial charge in [0.05, 0.1) is 18.6 Å². The normalized spacial score (nSPS) is 18.6. The van der Waals surface area contributed by atoms with Crippen molar-refractivity contribution in [1.29, 1.82) is 0 Å². The van der Waals surface area contributed by atoms with Gasteiger partial charge in [-0.25, -0.2) is 9.99 Å². The number of aromatic nitrogens is 2. The molecular formula is C10H18N4. The fourth-order valence-electron chi connectivity index (χ4n) is 1.84. The summed E-state index contributed by atoms with van der Waals surface area (Å²) in [4.78, 5) is 4.17. The molecule has 1 aromatic rings. The Bertz CT molecular complexity index is 275. The molecule has 14 heavy (non-hydrogen) atoms. The highest BCUT2D eigenvalue weighted by Crippen LogP contribution is 2.06. The monoisotopic (exact) mass is 194 g/mol. The van der Waals surface area contributed by atoms with Gasteiger partial charge in [0.1, 0.15) is 0 Å². The summed E-state index contributed by atoms with van der Waals surface area (Å²) in [6.07, 6.45) is 6.45. The van der Waals surface area contributed by atoms with Gasteiger partial charge >= 0.3 is 0 Å². The van der Waals surface area contributed by atoms with Crippen LogP contribution in [0.15, 0.2) is 12.5 Å². The van der Waals surface area contributed by atoms with E-state index in [0.717, 1.165) is 26.2 Å². The van der Waals surface area contributed by atoms with Crippen LogP contribution >= 0.6 is 0 Å². The summed E-state index contributed by atoms with van der Waals surface area (Å²) in [7, 11) is 0. The van der Waals surface area contributed by atoms with Crippen molar-refractivity contribution in [1.82, 2.24) is 20.0 Å². The maximum absolute atomic E-state index is 4.17. The van der Waals surface area contributed by atoms with Crippen LogP contribution in [0.3, 0.4) is 0 Å². The van der Waals surface area contributed by atoms with Crippen molar-refractivity contribution in [3.05, 3.63) is 18.2 Å². The second-order valence-corrected chi connectivity index (χ2v) is 3.71. The Hall–Kier alpha value is -0.870. The summed E-state index contributed by atoms with van der Waals surface area (Å²) in [6, 6.07) is 0. The predicted molar refractivity (Wildman–Crippen MR) is 55.5 cm³/mol. The van der Waals surface area contributed by atoms with Crippen LogP contribution in [-0.2, 0) is 13.1 Å². The van der Waals surface area contributed by atoms with Crippen LogP contribution in [-0.4, -0.2) is 27.6 Å². The third-order valence-corrected chi connectivity index (χ3v) is 2.68. The molecular weight excluding hydrogens is 176 g/mol. The van der Waals surface area contributed by atoms with Crippen LogP contribution in [0.1, 0.15) is 25.5 Å². The van der Waals surface area contributed by atoms with E-state index in [1.807, 2.05) is 12.5 Å². The van der Waals surface area contributed by atoms with Crippen molar-refractivity contribution in [2.45, 2.75) is 32.9 Å². The molecule has 1 saturated heterocycles. The van der Waals surface area contributed by atoms with Crippen molar-refractivity contribution < 1.29 is 0 Å². The van der Waals surface area contributed by atoms with Crippen molar-refractivity contribution in [2.24, 2.45) is 0 Å². The lowest BCUT2D eigenvalue weighted by molar-refractivity contribution is 0.141. The Morgan fingerprint density at radius 2 is 2.43 bits per heavy atom.